The van der Waals surface area contributed by atoms with Gasteiger partial charge in [-0.25, -0.2) is 13.6 Å². The highest BCUT2D eigenvalue weighted by Gasteiger charge is 2.31. The minimum Gasteiger partial charge on any atom is -0.477 e. The van der Waals surface area contributed by atoms with Gasteiger partial charge in [0.1, 0.15) is 5.56 Å². The van der Waals surface area contributed by atoms with Gasteiger partial charge in [0.2, 0.25) is 5.43 Å². The number of carbonyl (C=O) groups is 1. The molecule has 1 heterocycles. The number of pyridine rings is 1. The van der Waals surface area contributed by atoms with E-state index in [4.69, 9.17) is 10.8 Å². The lowest BCUT2D eigenvalue weighted by Gasteiger charge is -2.16. The van der Waals surface area contributed by atoms with Crippen molar-refractivity contribution in [2.24, 2.45) is 0 Å². The van der Waals surface area contributed by atoms with E-state index in [2.05, 4.69) is 0 Å². The van der Waals surface area contributed by atoms with Crippen molar-refractivity contribution in [1.29, 1.82) is 0 Å². The van der Waals surface area contributed by atoms with Gasteiger partial charge in [0.25, 0.3) is 0 Å². The summed E-state index contributed by atoms with van der Waals surface area (Å²) in [5.74, 6) is -3.28. The molecule has 3 N–H and O–H groups in total. The normalized spacial score (nSPS) is 14.5. The van der Waals surface area contributed by atoms with Crippen molar-refractivity contribution in [3.05, 3.63) is 39.2 Å². The number of nitrogens with zero attached hydrogens (tertiary/aromatic N) is 1. The Hall–Kier alpha value is -2.44. The molecule has 116 valence electrons. The number of hydrogen-bond acceptors (Lipinski definition) is 3. The molecule has 0 spiro atoms. The van der Waals surface area contributed by atoms with Crippen molar-refractivity contribution >= 4 is 22.6 Å². The molecule has 1 aliphatic rings. The average Bonchev–Trinajstić information content (AvgIpc) is 3.29. The number of nitrogen functional groups attached to an aromatic ring is 1. The number of nitrogens with two attached hydrogens (primary N) is 1. The fraction of sp³-hybridized carbons (Fsp3) is 0.333. The first-order chi connectivity index (χ1) is 10.4. The van der Waals surface area contributed by atoms with Crippen LogP contribution < -0.4 is 11.2 Å². The van der Waals surface area contributed by atoms with E-state index in [0.29, 0.717) is 0 Å². The van der Waals surface area contributed by atoms with Crippen LogP contribution in [0.5, 0.6) is 0 Å². The van der Waals surface area contributed by atoms with Crippen molar-refractivity contribution in [3.8, 4) is 0 Å². The molecule has 0 saturated heterocycles. The van der Waals surface area contributed by atoms with Crippen LogP contribution in [-0.4, -0.2) is 15.6 Å². The maximum absolute atomic E-state index is 14.7. The van der Waals surface area contributed by atoms with Crippen LogP contribution in [0, 0.1) is 11.6 Å². The summed E-state index contributed by atoms with van der Waals surface area (Å²) in [5, 5.41) is 8.75. The standard InChI is InChI=1S/C15H14F2N2O3/c1-2-7-10(16)12(18)9-13(11(7)17)19(6-3-4-6)5-8(14(9)20)15(21)22/h5-6H,2-4,18H2,1H3,(H,21,22). The molecule has 0 bridgehead atoms. The number of carboxylic acid groups (broad SMARTS) is 1. The van der Waals surface area contributed by atoms with E-state index in [1.54, 1.807) is 6.92 Å². The second-order valence-corrected chi connectivity index (χ2v) is 5.41. The molecule has 1 aromatic carbocycles. The predicted octanol–water partition coefficient (Wildman–Crippen LogP) is 2.46. The smallest absolute Gasteiger partial charge is 0.341 e. The number of aromatic carboxylic acids is 1. The van der Waals surface area contributed by atoms with Gasteiger partial charge in [0.15, 0.2) is 11.6 Å². The first-order valence-electron chi connectivity index (χ1n) is 6.95. The van der Waals surface area contributed by atoms with Gasteiger partial charge in [-0.15, -0.1) is 0 Å². The average molecular weight is 308 g/mol. The van der Waals surface area contributed by atoms with E-state index in [1.807, 2.05) is 0 Å². The molecular formula is C15H14F2N2O3. The second-order valence-electron chi connectivity index (χ2n) is 5.41. The number of rotatable bonds is 3. The quantitative estimate of drug-likeness (QED) is 0.853. The van der Waals surface area contributed by atoms with Crippen LogP contribution >= 0.6 is 0 Å². The monoisotopic (exact) mass is 308 g/mol. The molecule has 2 aromatic rings. The number of carboxylic acids is 1. The third kappa shape index (κ3) is 1.88. The molecule has 0 unspecified atom stereocenters. The minimum atomic E-state index is -1.44. The van der Waals surface area contributed by atoms with Gasteiger partial charge < -0.3 is 15.4 Å². The fourth-order valence-electron chi connectivity index (χ4n) is 2.72. The van der Waals surface area contributed by atoms with Gasteiger partial charge in [0.05, 0.1) is 16.6 Å². The second kappa shape index (κ2) is 4.79. The molecule has 7 heteroatoms. The topological polar surface area (TPSA) is 85.3 Å². The van der Waals surface area contributed by atoms with E-state index in [1.165, 1.54) is 4.57 Å². The third-order valence-corrected chi connectivity index (χ3v) is 4.00. The van der Waals surface area contributed by atoms with Crippen molar-refractivity contribution in [3.63, 3.8) is 0 Å². The Kier molecular flexibility index (Phi) is 3.16. The highest BCUT2D eigenvalue weighted by atomic mass is 19.1. The summed E-state index contributed by atoms with van der Waals surface area (Å²) in [5.41, 5.74) is 3.39. The van der Waals surface area contributed by atoms with Crippen molar-refractivity contribution in [2.75, 3.05) is 5.73 Å². The molecule has 0 atom stereocenters. The molecule has 5 nitrogen and oxygen atoms in total. The van der Waals surface area contributed by atoms with Gasteiger partial charge in [-0.1, -0.05) is 6.92 Å². The summed E-state index contributed by atoms with van der Waals surface area (Å²) in [6, 6.07) is -0.0923. The lowest BCUT2D eigenvalue weighted by Crippen LogP contribution is -2.21. The molecule has 0 amide bonds. The Morgan fingerprint density at radius 1 is 1.41 bits per heavy atom. The maximum Gasteiger partial charge on any atom is 0.341 e. The van der Waals surface area contributed by atoms with E-state index in [9.17, 15) is 18.4 Å². The Morgan fingerprint density at radius 3 is 2.55 bits per heavy atom. The molecule has 0 radical (unpaired) electrons. The third-order valence-electron chi connectivity index (χ3n) is 4.00. The van der Waals surface area contributed by atoms with Crippen LogP contribution in [-0.2, 0) is 6.42 Å². The Bertz CT molecular complexity index is 870. The van der Waals surface area contributed by atoms with Crippen LogP contribution in [0.2, 0.25) is 0 Å². The summed E-state index contributed by atoms with van der Waals surface area (Å²) in [6.07, 6.45) is 2.70. The zero-order valence-corrected chi connectivity index (χ0v) is 11.8. The molecular weight excluding hydrogens is 294 g/mol. The predicted molar refractivity (Wildman–Crippen MR) is 77.1 cm³/mol. The van der Waals surface area contributed by atoms with Crippen LogP contribution in [0.25, 0.3) is 10.9 Å². The maximum atomic E-state index is 14.7. The van der Waals surface area contributed by atoms with Crippen molar-refractivity contribution in [1.82, 2.24) is 4.57 Å². The number of hydrogen-bond donors (Lipinski definition) is 2. The molecule has 1 saturated carbocycles. The first-order valence-corrected chi connectivity index (χ1v) is 6.95. The van der Waals surface area contributed by atoms with Gasteiger partial charge in [0, 0.05) is 17.8 Å². The van der Waals surface area contributed by atoms with Gasteiger partial charge in [-0.05, 0) is 19.3 Å². The molecule has 22 heavy (non-hydrogen) atoms. The number of anilines is 1. The number of aromatic nitrogens is 1. The Labute approximate surface area is 124 Å². The molecule has 0 aliphatic heterocycles. The summed E-state index contributed by atoms with van der Waals surface area (Å²) in [4.78, 5) is 23.5. The minimum absolute atomic E-state index is 0.0807. The van der Waals surface area contributed by atoms with E-state index < -0.39 is 34.3 Å². The number of halogens is 2. The summed E-state index contributed by atoms with van der Waals surface area (Å²) in [7, 11) is 0. The molecule has 1 fully saturated rings. The van der Waals surface area contributed by atoms with Crippen molar-refractivity contribution in [2.45, 2.75) is 32.2 Å². The highest BCUT2D eigenvalue weighted by molar-refractivity contribution is 5.98. The largest absolute Gasteiger partial charge is 0.477 e. The molecule has 1 aliphatic carbocycles. The fourth-order valence-corrected chi connectivity index (χ4v) is 2.72. The summed E-state index contributed by atoms with van der Waals surface area (Å²) in [6.45, 7) is 1.58. The first kappa shape index (κ1) is 14.5. The number of fused-ring (bicyclic) bond motifs is 1. The lowest BCUT2D eigenvalue weighted by atomic mass is 10.0. The highest BCUT2D eigenvalue weighted by Crippen LogP contribution is 2.39. The zero-order valence-electron chi connectivity index (χ0n) is 11.8. The van der Waals surface area contributed by atoms with Crippen LogP contribution in [0.3, 0.4) is 0 Å². The molecule has 3 rings (SSSR count). The van der Waals surface area contributed by atoms with Gasteiger partial charge in [-0.2, -0.15) is 0 Å². The van der Waals surface area contributed by atoms with Gasteiger partial charge in [-0.3, -0.25) is 4.79 Å². The van der Waals surface area contributed by atoms with Crippen molar-refractivity contribution < 1.29 is 18.7 Å². The zero-order chi connectivity index (χ0) is 16.2. The Morgan fingerprint density at radius 2 is 2.05 bits per heavy atom. The Balaban J connectivity index is 2.57. The van der Waals surface area contributed by atoms with E-state index >= 15 is 0 Å². The van der Waals surface area contributed by atoms with Crippen LogP contribution in [0.1, 0.15) is 41.7 Å². The summed E-state index contributed by atoms with van der Waals surface area (Å²) < 4.78 is 30.3. The van der Waals surface area contributed by atoms with Crippen LogP contribution in [0.15, 0.2) is 11.0 Å². The van der Waals surface area contributed by atoms with Crippen LogP contribution in [0.4, 0.5) is 14.5 Å². The van der Waals surface area contributed by atoms with Gasteiger partial charge >= 0.3 is 5.97 Å². The van der Waals surface area contributed by atoms with E-state index in [0.717, 1.165) is 19.0 Å². The number of benzene rings is 1. The lowest BCUT2D eigenvalue weighted by molar-refractivity contribution is 0.0695. The SMILES string of the molecule is CCc1c(F)c(N)c2c(=O)c(C(=O)O)cn(C3CC3)c2c1F. The van der Waals surface area contributed by atoms with E-state index in [-0.39, 0.29) is 28.9 Å². The molecule has 1 aromatic heterocycles. The summed E-state index contributed by atoms with van der Waals surface area (Å²) >= 11 is 0.